The van der Waals surface area contributed by atoms with Crippen LogP contribution in [0.2, 0.25) is 0 Å². The molecule has 0 fully saturated rings. The smallest absolute Gasteiger partial charge is 0.234 e. The summed E-state index contributed by atoms with van der Waals surface area (Å²) in [6.45, 7) is 2.03. The molecule has 0 spiro atoms. The number of carbonyl (C=O) groups excluding carboxylic acids is 1. The third-order valence-electron chi connectivity index (χ3n) is 4.49. The minimum absolute atomic E-state index is 0.149. The quantitative estimate of drug-likeness (QED) is 0.442. The average molecular weight is 418 g/mol. The fraction of sp³-hybridized carbons (Fsp3) is 0.0870. The number of nitrogens with one attached hydrogen (secondary N) is 1. The predicted molar refractivity (Wildman–Crippen MR) is 117 cm³/mol. The maximum Gasteiger partial charge on any atom is 0.234 e. The maximum atomic E-state index is 13.0. The van der Waals surface area contributed by atoms with Crippen LogP contribution >= 0.6 is 11.8 Å². The van der Waals surface area contributed by atoms with Crippen molar-refractivity contribution in [3.8, 4) is 17.1 Å². The average Bonchev–Trinajstić information content (AvgIpc) is 3.18. The fourth-order valence-electron chi connectivity index (χ4n) is 3.03. The molecule has 0 saturated heterocycles. The lowest BCUT2D eigenvalue weighted by Crippen LogP contribution is -2.14. The Bertz CT molecular complexity index is 1160. The zero-order valence-corrected chi connectivity index (χ0v) is 17.1. The lowest BCUT2D eigenvalue weighted by Gasteiger charge is -2.11. The van der Waals surface area contributed by atoms with Crippen molar-refractivity contribution in [2.24, 2.45) is 0 Å². The van der Waals surface area contributed by atoms with Crippen molar-refractivity contribution in [3.63, 3.8) is 0 Å². The van der Waals surface area contributed by atoms with E-state index in [0.717, 1.165) is 22.6 Å². The van der Waals surface area contributed by atoms with E-state index in [1.807, 2.05) is 66.1 Å². The van der Waals surface area contributed by atoms with Gasteiger partial charge >= 0.3 is 0 Å². The maximum absolute atomic E-state index is 13.0. The highest BCUT2D eigenvalue weighted by molar-refractivity contribution is 7.99. The molecule has 30 heavy (non-hydrogen) atoms. The summed E-state index contributed by atoms with van der Waals surface area (Å²) in [4.78, 5) is 12.4. The van der Waals surface area contributed by atoms with Crippen LogP contribution in [0.15, 0.2) is 84.0 Å². The first kappa shape index (κ1) is 19.8. The lowest BCUT2D eigenvalue weighted by atomic mass is 10.1. The summed E-state index contributed by atoms with van der Waals surface area (Å²) in [5.74, 6) is 0.324. The molecule has 0 atom stereocenters. The predicted octanol–water partition coefficient (Wildman–Crippen LogP) is 5.11. The van der Waals surface area contributed by atoms with Gasteiger partial charge in [-0.3, -0.25) is 9.36 Å². The number of thioether (sulfide) groups is 1. The Morgan fingerprint density at radius 1 is 0.967 bits per heavy atom. The number of amides is 1. The van der Waals surface area contributed by atoms with E-state index >= 15 is 0 Å². The van der Waals surface area contributed by atoms with E-state index < -0.39 is 0 Å². The van der Waals surface area contributed by atoms with Crippen LogP contribution in [0.1, 0.15) is 5.56 Å². The summed E-state index contributed by atoms with van der Waals surface area (Å²) in [6.07, 6.45) is 0. The number of aryl methyl sites for hydroxylation is 1. The molecule has 1 heterocycles. The molecule has 0 unspecified atom stereocenters. The van der Waals surface area contributed by atoms with Crippen molar-refractivity contribution in [2.45, 2.75) is 12.1 Å². The normalized spacial score (nSPS) is 10.7. The Balaban J connectivity index is 1.59. The Morgan fingerprint density at radius 3 is 2.40 bits per heavy atom. The summed E-state index contributed by atoms with van der Waals surface area (Å²) in [7, 11) is 0. The topological polar surface area (TPSA) is 59.8 Å². The van der Waals surface area contributed by atoms with Gasteiger partial charge in [-0.2, -0.15) is 0 Å². The summed E-state index contributed by atoms with van der Waals surface area (Å²) in [5, 5.41) is 12.1. The van der Waals surface area contributed by atoms with Gasteiger partial charge in [0.2, 0.25) is 5.91 Å². The van der Waals surface area contributed by atoms with Gasteiger partial charge < -0.3 is 5.32 Å². The number of carbonyl (C=O) groups is 1. The second kappa shape index (κ2) is 8.92. The first-order valence-electron chi connectivity index (χ1n) is 9.37. The fourth-order valence-corrected chi connectivity index (χ4v) is 3.78. The molecule has 150 valence electrons. The number of benzene rings is 3. The van der Waals surface area contributed by atoms with Gasteiger partial charge in [-0.15, -0.1) is 10.2 Å². The van der Waals surface area contributed by atoms with Crippen LogP contribution in [0.25, 0.3) is 17.1 Å². The van der Waals surface area contributed by atoms with E-state index in [1.54, 1.807) is 0 Å². The van der Waals surface area contributed by atoms with Gasteiger partial charge in [0.1, 0.15) is 5.82 Å². The first-order valence-corrected chi connectivity index (χ1v) is 10.4. The number of para-hydroxylation sites is 1. The van der Waals surface area contributed by atoms with Crippen molar-refractivity contribution in [1.82, 2.24) is 14.8 Å². The van der Waals surface area contributed by atoms with Crippen LogP contribution in [0.5, 0.6) is 0 Å². The zero-order valence-electron chi connectivity index (χ0n) is 16.2. The molecule has 7 heteroatoms. The lowest BCUT2D eigenvalue weighted by molar-refractivity contribution is -0.113. The molecule has 4 aromatic rings. The minimum atomic E-state index is -0.345. The van der Waals surface area contributed by atoms with Crippen LogP contribution in [0, 0.1) is 12.7 Å². The SMILES string of the molecule is Cc1ccccc1-c1nnc(SCC(=O)Nc2ccc(F)cc2)n1-c1ccccc1. The molecule has 0 aliphatic carbocycles. The molecule has 4 rings (SSSR count). The number of rotatable bonds is 6. The van der Waals surface area contributed by atoms with Crippen molar-refractivity contribution in [2.75, 3.05) is 11.1 Å². The van der Waals surface area contributed by atoms with E-state index in [2.05, 4.69) is 15.5 Å². The monoisotopic (exact) mass is 418 g/mol. The molecular formula is C23H19FN4OS. The van der Waals surface area contributed by atoms with Gasteiger partial charge in [0.25, 0.3) is 0 Å². The van der Waals surface area contributed by atoms with E-state index in [0.29, 0.717) is 10.8 Å². The first-order chi connectivity index (χ1) is 14.6. The third kappa shape index (κ3) is 4.41. The highest BCUT2D eigenvalue weighted by atomic mass is 32.2. The van der Waals surface area contributed by atoms with Gasteiger partial charge in [-0.1, -0.05) is 54.2 Å². The van der Waals surface area contributed by atoms with Crippen LogP contribution in [-0.2, 0) is 4.79 Å². The van der Waals surface area contributed by atoms with Crippen LogP contribution in [-0.4, -0.2) is 26.4 Å². The van der Waals surface area contributed by atoms with E-state index in [1.165, 1.54) is 36.0 Å². The molecule has 0 radical (unpaired) electrons. The summed E-state index contributed by atoms with van der Waals surface area (Å²) < 4.78 is 15.0. The third-order valence-corrected chi connectivity index (χ3v) is 5.42. The number of hydrogen-bond donors (Lipinski definition) is 1. The van der Waals surface area contributed by atoms with E-state index in [9.17, 15) is 9.18 Å². The van der Waals surface area contributed by atoms with Crippen molar-refractivity contribution in [1.29, 1.82) is 0 Å². The Hall–Kier alpha value is -3.45. The Kier molecular flexibility index (Phi) is 5.90. The molecule has 0 bridgehead atoms. The standard InChI is InChI=1S/C23H19FN4OS/c1-16-7-5-6-10-20(16)22-26-27-23(28(22)19-8-3-2-4-9-19)30-15-21(29)25-18-13-11-17(24)12-14-18/h2-14H,15H2,1H3,(H,25,29). The zero-order chi connectivity index (χ0) is 20.9. The largest absolute Gasteiger partial charge is 0.325 e. The van der Waals surface area contributed by atoms with Crippen molar-refractivity contribution >= 4 is 23.4 Å². The van der Waals surface area contributed by atoms with Gasteiger partial charge in [0, 0.05) is 16.9 Å². The summed E-state index contributed by atoms with van der Waals surface area (Å²) in [5.41, 5.74) is 3.54. The molecule has 1 aromatic heterocycles. The Labute approximate surface area is 178 Å². The minimum Gasteiger partial charge on any atom is -0.325 e. The molecule has 5 nitrogen and oxygen atoms in total. The molecule has 1 amide bonds. The van der Waals surface area contributed by atoms with Crippen molar-refractivity contribution < 1.29 is 9.18 Å². The molecule has 3 aromatic carbocycles. The molecule has 1 N–H and O–H groups in total. The number of hydrogen-bond acceptors (Lipinski definition) is 4. The van der Waals surface area contributed by atoms with Gasteiger partial charge in [0.15, 0.2) is 11.0 Å². The second-order valence-corrected chi connectivity index (χ2v) is 7.58. The highest BCUT2D eigenvalue weighted by Crippen LogP contribution is 2.29. The van der Waals surface area contributed by atoms with Crippen LogP contribution < -0.4 is 5.32 Å². The second-order valence-electron chi connectivity index (χ2n) is 6.64. The molecule has 0 aliphatic heterocycles. The highest BCUT2D eigenvalue weighted by Gasteiger charge is 2.18. The number of halogens is 1. The number of nitrogens with zero attached hydrogens (tertiary/aromatic N) is 3. The summed E-state index contributed by atoms with van der Waals surface area (Å²) >= 11 is 1.30. The number of aromatic nitrogens is 3. The summed E-state index contributed by atoms with van der Waals surface area (Å²) in [6, 6.07) is 23.5. The van der Waals surface area contributed by atoms with Crippen LogP contribution in [0.4, 0.5) is 10.1 Å². The number of anilines is 1. The van der Waals surface area contributed by atoms with Gasteiger partial charge in [-0.05, 0) is 48.9 Å². The molecular weight excluding hydrogens is 399 g/mol. The molecule has 0 aliphatic rings. The van der Waals surface area contributed by atoms with E-state index in [4.69, 9.17) is 0 Å². The molecule has 0 saturated carbocycles. The van der Waals surface area contributed by atoms with Gasteiger partial charge in [-0.25, -0.2) is 4.39 Å². The Morgan fingerprint density at radius 2 is 1.67 bits per heavy atom. The van der Waals surface area contributed by atoms with Crippen LogP contribution in [0.3, 0.4) is 0 Å². The van der Waals surface area contributed by atoms with Crippen molar-refractivity contribution in [3.05, 3.63) is 90.2 Å². The van der Waals surface area contributed by atoms with E-state index in [-0.39, 0.29) is 17.5 Å². The van der Waals surface area contributed by atoms with Gasteiger partial charge in [0.05, 0.1) is 5.75 Å².